The molecule has 1 spiro atoms. The summed E-state index contributed by atoms with van der Waals surface area (Å²) in [5, 5.41) is 5.82. The molecule has 0 N–H and O–H groups in total. The molecule has 3 heterocycles. The molecule has 7 aromatic carbocycles. The molecular weight excluding hydrogens is 868 g/mol. The Balaban J connectivity index is 1.37. The van der Waals surface area contributed by atoms with Crippen LogP contribution in [0.2, 0.25) is 5.02 Å². The zero-order chi connectivity index (χ0) is 50.4. The minimum Gasteiger partial charge on any atom is -0.308 e. The lowest BCUT2D eigenvalue weighted by Crippen LogP contribution is -2.35. The van der Waals surface area contributed by atoms with Gasteiger partial charge in [-0.15, -0.1) is 0 Å². The highest BCUT2D eigenvalue weighted by molar-refractivity contribution is 6.35. The van der Waals surface area contributed by atoms with Crippen molar-refractivity contribution in [2.24, 2.45) is 0 Å². The highest BCUT2D eigenvalue weighted by Crippen LogP contribution is 2.64. The van der Waals surface area contributed by atoms with E-state index < -0.39 is 5.41 Å². The molecule has 2 aliphatic rings. The van der Waals surface area contributed by atoms with Gasteiger partial charge in [0.1, 0.15) is 0 Å². The molecule has 358 valence electrons. The molecule has 0 radical (unpaired) electrons. The van der Waals surface area contributed by atoms with Crippen molar-refractivity contribution in [3.63, 3.8) is 0 Å². The molecule has 0 atom stereocenters. The average molecular weight is 942 g/mol. The number of halogens is 1. The minimum atomic E-state index is -0.689. The molecule has 2 aromatic heterocycles. The Morgan fingerprint density at radius 3 is 1.09 bits per heavy atom. The predicted molar refractivity (Wildman–Crippen MR) is 303 cm³/mol. The van der Waals surface area contributed by atoms with Gasteiger partial charge in [-0.2, -0.15) is 0 Å². The molecular formula is C67H73ClN2. The molecule has 1 aliphatic heterocycles. The number of benzene rings is 7. The van der Waals surface area contributed by atoms with Crippen LogP contribution in [0.4, 0.5) is 0 Å². The molecule has 0 bridgehead atoms. The van der Waals surface area contributed by atoms with Crippen LogP contribution in [-0.4, -0.2) is 9.13 Å². The molecule has 0 unspecified atom stereocenters. The lowest BCUT2D eigenvalue weighted by atomic mass is 9.63. The topological polar surface area (TPSA) is 9.86 Å². The number of fused-ring (bicyclic) bond motifs is 15. The summed E-state index contributed by atoms with van der Waals surface area (Å²) in [6.07, 6.45) is 0. The lowest BCUT2D eigenvalue weighted by molar-refractivity contribution is 0.583. The van der Waals surface area contributed by atoms with E-state index >= 15 is 0 Å². The fraction of sp³-hybridized carbons (Fsp3) is 0.373. The van der Waals surface area contributed by atoms with Gasteiger partial charge in [-0.25, -0.2) is 0 Å². The molecule has 1 aliphatic carbocycles. The Hall–Kier alpha value is -5.57. The Bertz CT molecular complexity index is 3570. The number of nitrogens with zero attached hydrogens (tertiary/aromatic N) is 2. The van der Waals surface area contributed by atoms with E-state index in [9.17, 15) is 0 Å². The molecule has 0 amide bonds. The summed E-state index contributed by atoms with van der Waals surface area (Å²) >= 11 is 8.53. The first kappa shape index (κ1) is 46.8. The molecule has 11 rings (SSSR count). The molecule has 70 heavy (non-hydrogen) atoms. The quantitative estimate of drug-likeness (QED) is 0.155. The van der Waals surface area contributed by atoms with E-state index in [1.165, 1.54) is 99.3 Å². The van der Waals surface area contributed by atoms with E-state index in [-0.39, 0.29) is 32.5 Å². The smallest absolute Gasteiger partial charge is 0.0890 e. The second-order valence-electron chi connectivity index (χ2n) is 27.4. The van der Waals surface area contributed by atoms with Crippen LogP contribution in [0.3, 0.4) is 0 Å². The molecule has 0 saturated carbocycles. The Morgan fingerprint density at radius 1 is 0.329 bits per heavy atom. The van der Waals surface area contributed by atoms with Gasteiger partial charge in [0.2, 0.25) is 0 Å². The van der Waals surface area contributed by atoms with Crippen LogP contribution in [0.1, 0.15) is 180 Å². The van der Waals surface area contributed by atoms with Crippen molar-refractivity contribution in [3.05, 3.63) is 176 Å². The van der Waals surface area contributed by atoms with Crippen molar-refractivity contribution in [2.45, 2.75) is 163 Å². The van der Waals surface area contributed by atoms with Gasteiger partial charge in [-0.3, -0.25) is 0 Å². The Morgan fingerprint density at radius 2 is 0.671 bits per heavy atom. The monoisotopic (exact) mass is 941 g/mol. The summed E-state index contributed by atoms with van der Waals surface area (Å²) in [6.45, 7) is 42.1. The number of hydrogen-bond donors (Lipinski definition) is 0. The zero-order valence-electron chi connectivity index (χ0n) is 45.2. The van der Waals surface area contributed by atoms with E-state index in [0.29, 0.717) is 0 Å². The molecule has 9 aromatic rings. The third-order valence-corrected chi connectivity index (χ3v) is 16.7. The summed E-state index contributed by atoms with van der Waals surface area (Å²) in [5.74, 6) is 0. The fourth-order valence-electron chi connectivity index (χ4n) is 12.0. The van der Waals surface area contributed by atoms with E-state index in [2.05, 4.69) is 249 Å². The summed E-state index contributed by atoms with van der Waals surface area (Å²) in [7, 11) is 0. The maximum atomic E-state index is 8.53. The Kier molecular flexibility index (Phi) is 9.71. The van der Waals surface area contributed by atoms with Gasteiger partial charge in [-0.1, -0.05) is 203 Å². The van der Waals surface area contributed by atoms with Gasteiger partial charge < -0.3 is 9.13 Å². The van der Waals surface area contributed by atoms with Crippen molar-refractivity contribution in [2.75, 3.05) is 0 Å². The number of aromatic nitrogens is 2. The minimum absolute atomic E-state index is 0.0104. The van der Waals surface area contributed by atoms with Crippen LogP contribution in [0.15, 0.2) is 115 Å². The predicted octanol–water partition coefficient (Wildman–Crippen LogP) is 19.0. The second-order valence-corrected chi connectivity index (χ2v) is 27.7. The van der Waals surface area contributed by atoms with Crippen LogP contribution in [0.5, 0.6) is 0 Å². The maximum absolute atomic E-state index is 8.53. The highest BCUT2D eigenvalue weighted by atomic mass is 35.5. The van der Waals surface area contributed by atoms with Crippen LogP contribution < -0.4 is 0 Å². The summed E-state index contributed by atoms with van der Waals surface area (Å²) < 4.78 is 5.04. The first-order valence-electron chi connectivity index (χ1n) is 25.8. The molecule has 0 saturated heterocycles. The summed E-state index contributed by atoms with van der Waals surface area (Å²) in [6, 6.07) is 46.1. The zero-order valence-corrected chi connectivity index (χ0v) is 46.0. The van der Waals surface area contributed by atoms with Crippen molar-refractivity contribution in [1.82, 2.24) is 9.13 Å². The molecule has 2 nitrogen and oxygen atoms in total. The van der Waals surface area contributed by atoms with Gasteiger partial charge in [0.25, 0.3) is 0 Å². The van der Waals surface area contributed by atoms with Crippen LogP contribution >= 0.6 is 11.6 Å². The van der Waals surface area contributed by atoms with Gasteiger partial charge in [0.15, 0.2) is 0 Å². The van der Waals surface area contributed by atoms with Gasteiger partial charge in [0, 0.05) is 21.5 Å². The highest BCUT2D eigenvalue weighted by Gasteiger charge is 2.53. The lowest BCUT2D eigenvalue weighted by Gasteiger charge is -2.41. The third-order valence-electron chi connectivity index (χ3n) is 16.3. The normalized spacial score (nSPS) is 14.9. The van der Waals surface area contributed by atoms with Gasteiger partial charge in [0.05, 0.1) is 43.9 Å². The SMILES string of the molecule is CC(C)(C)c1ccc2c(c1)C1(c3cc(C(C)(C)C)ccc3-2)c2ccc(-n3c4ccc(C(C)(C)C)cc4c4cc(C(C)(C)C)ccc43)c(Cl)c2-n2c3ccc(C(C)(C)C)cc3c3cc(C(C)(C)C)cc1c32. The first-order chi connectivity index (χ1) is 32.4. The maximum Gasteiger partial charge on any atom is 0.0890 e. The number of hydrogen-bond acceptors (Lipinski definition) is 0. The van der Waals surface area contributed by atoms with Gasteiger partial charge in [-0.05, 0) is 148 Å². The largest absolute Gasteiger partial charge is 0.308 e. The van der Waals surface area contributed by atoms with Crippen LogP contribution in [0, 0.1) is 0 Å². The summed E-state index contributed by atoms with van der Waals surface area (Å²) in [5.41, 5.74) is 21.6. The summed E-state index contributed by atoms with van der Waals surface area (Å²) in [4.78, 5) is 0. The standard InChI is InChI=1S/C67H73ClN2/c1-61(2,3)38-21-27-54-46(31-38)47-32-39(62(4,5)6)22-28-55(47)69(54)57-30-26-50-60(58(57)68)70-56-29-23-40(63(7,8)9)33-48(56)49-34-43(66(16,17)18)37-53(59(49)70)67(50)51-35-41(64(10,11)12)19-24-44(51)45-25-20-42(36-52(45)67)65(13,14)15/h19-37H,1-18H3. The van der Waals surface area contributed by atoms with Crippen LogP contribution in [-0.2, 0) is 37.9 Å². The van der Waals surface area contributed by atoms with E-state index in [1.807, 2.05) is 0 Å². The van der Waals surface area contributed by atoms with Crippen LogP contribution in [0.25, 0.3) is 66.1 Å². The average Bonchev–Trinajstić information content (AvgIpc) is 3.87. The number of rotatable bonds is 1. The Labute approximate surface area is 423 Å². The van der Waals surface area contributed by atoms with Crippen molar-refractivity contribution < 1.29 is 0 Å². The molecule has 0 fully saturated rings. The van der Waals surface area contributed by atoms with Crippen molar-refractivity contribution in [3.8, 4) is 22.5 Å². The second kappa shape index (κ2) is 14.5. The van der Waals surface area contributed by atoms with Crippen molar-refractivity contribution in [1.29, 1.82) is 0 Å². The van der Waals surface area contributed by atoms with Gasteiger partial charge >= 0.3 is 0 Å². The molecule has 3 heteroatoms. The van der Waals surface area contributed by atoms with E-state index in [0.717, 1.165) is 27.4 Å². The van der Waals surface area contributed by atoms with E-state index in [1.54, 1.807) is 0 Å². The van der Waals surface area contributed by atoms with Crippen molar-refractivity contribution >= 4 is 55.2 Å². The first-order valence-corrected chi connectivity index (χ1v) is 26.2. The fourth-order valence-corrected chi connectivity index (χ4v) is 12.3. The van der Waals surface area contributed by atoms with E-state index in [4.69, 9.17) is 11.6 Å². The third kappa shape index (κ3) is 6.64.